The molecule has 2 fully saturated rings. The zero-order valence-corrected chi connectivity index (χ0v) is 14.6. The van der Waals surface area contributed by atoms with E-state index in [4.69, 9.17) is 0 Å². The zero-order chi connectivity index (χ0) is 16.3. The highest BCUT2D eigenvalue weighted by Crippen LogP contribution is 2.41. The first-order valence-electron chi connectivity index (χ1n) is 8.52. The van der Waals surface area contributed by atoms with Crippen LogP contribution < -0.4 is 0 Å². The molecule has 0 aromatic heterocycles. The molecule has 2 heterocycles. The number of piperidine rings is 1. The van der Waals surface area contributed by atoms with Crippen LogP contribution >= 0.6 is 0 Å². The van der Waals surface area contributed by atoms with Crippen molar-refractivity contribution in [3.63, 3.8) is 0 Å². The van der Waals surface area contributed by atoms with E-state index in [1.54, 1.807) is 0 Å². The first kappa shape index (κ1) is 17.3. The number of nitrogens with zero attached hydrogens (tertiary/aromatic N) is 3. The number of hydrogen-bond donors (Lipinski definition) is 0. The second-order valence-corrected chi connectivity index (χ2v) is 7.77. The van der Waals surface area contributed by atoms with Crippen LogP contribution in [-0.4, -0.2) is 73.3 Å². The summed E-state index contributed by atoms with van der Waals surface area (Å²) in [4.78, 5) is 30.5. The van der Waals surface area contributed by atoms with E-state index in [1.807, 2.05) is 23.9 Å². The standard InChI is InChI=1S/C17H31N3O2/c1-14(2)11-15(21)19-7-5-17(6-8-19)12-16(22)20(13-17)10-9-18(3)4/h14H,5-13H2,1-4H3. The molecule has 5 nitrogen and oxygen atoms in total. The second-order valence-electron chi connectivity index (χ2n) is 7.77. The van der Waals surface area contributed by atoms with Crippen molar-refractivity contribution in [1.29, 1.82) is 0 Å². The summed E-state index contributed by atoms with van der Waals surface area (Å²) >= 11 is 0. The van der Waals surface area contributed by atoms with Crippen LogP contribution in [0.5, 0.6) is 0 Å². The molecule has 0 radical (unpaired) electrons. The molecule has 0 bridgehead atoms. The smallest absolute Gasteiger partial charge is 0.223 e. The van der Waals surface area contributed by atoms with Crippen molar-refractivity contribution in [2.45, 2.75) is 39.5 Å². The lowest BCUT2D eigenvalue weighted by Crippen LogP contribution is -2.44. The van der Waals surface area contributed by atoms with Crippen LogP contribution in [0.25, 0.3) is 0 Å². The van der Waals surface area contributed by atoms with E-state index in [1.165, 1.54) is 0 Å². The van der Waals surface area contributed by atoms with Gasteiger partial charge in [0.05, 0.1) is 0 Å². The van der Waals surface area contributed by atoms with E-state index < -0.39 is 0 Å². The SMILES string of the molecule is CC(C)CC(=O)N1CCC2(CC1)CC(=O)N(CCN(C)C)C2. The second kappa shape index (κ2) is 6.99. The maximum atomic E-state index is 12.2. The number of likely N-dealkylation sites (tertiary alicyclic amines) is 2. The molecule has 0 aromatic carbocycles. The van der Waals surface area contributed by atoms with Gasteiger partial charge in [-0.15, -0.1) is 0 Å². The molecule has 0 unspecified atom stereocenters. The van der Waals surface area contributed by atoms with Gasteiger partial charge in [0.1, 0.15) is 0 Å². The quantitative estimate of drug-likeness (QED) is 0.772. The van der Waals surface area contributed by atoms with Crippen molar-refractivity contribution in [1.82, 2.24) is 14.7 Å². The van der Waals surface area contributed by atoms with Crippen LogP contribution in [0.4, 0.5) is 0 Å². The average molecular weight is 309 g/mol. The maximum Gasteiger partial charge on any atom is 0.223 e. The molecule has 22 heavy (non-hydrogen) atoms. The minimum atomic E-state index is 0.123. The number of rotatable bonds is 5. The van der Waals surface area contributed by atoms with Gasteiger partial charge in [0, 0.05) is 51.0 Å². The zero-order valence-electron chi connectivity index (χ0n) is 14.6. The predicted molar refractivity (Wildman–Crippen MR) is 87.5 cm³/mol. The molecule has 2 saturated heterocycles. The van der Waals surface area contributed by atoms with Crippen molar-refractivity contribution in [3.05, 3.63) is 0 Å². The van der Waals surface area contributed by atoms with E-state index in [9.17, 15) is 9.59 Å². The molecule has 2 rings (SSSR count). The maximum absolute atomic E-state index is 12.2. The van der Waals surface area contributed by atoms with E-state index >= 15 is 0 Å². The van der Waals surface area contributed by atoms with Gasteiger partial charge in [-0.2, -0.15) is 0 Å². The summed E-state index contributed by atoms with van der Waals surface area (Å²) in [5, 5.41) is 0. The summed E-state index contributed by atoms with van der Waals surface area (Å²) in [7, 11) is 4.07. The first-order chi connectivity index (χ1) is 10.3. The number of carbonyl (C=O) groups is 2. The van der Waals surface area contributed by atoms with Crippen molar-refractivity contribution in [2.75, 3.05) is 46.8 Å². The molecule has 2 aliphatic heterocycles. The third-order valence-corrected chi connectivity index (χ3v) is 4.98. The molecule has 0 aliphatic carbocycles. The Morgan fingerprint density at radius 1 is 1.27 bits per heavy atom. The lowest BCUT2D eigenvalue weighted by molar-refractivity contribution is -0.134. The first-order valence-corrected chi connectivity index (χ1v) is 8.52. The molecule has 2 amide bonds. The van der Waals surface area contributed by atoms with Crippen LogP contribution in [0.3, 0.4) is 0 Å². The highest BCUT2D eigenvalue weighted by Gasteiger charge is 2.45. The molecule has 0 aromatic rings. The van der Waals surface area contributed by atoms with Gasteiger partial charge < -0.3 is 14.7 Å². The third-order valence-electron chi connectivity index (χ3n) is 4.98. The highest BCUT2D eigenvalue weighted by atomic mass is 16.2. The van der Waals surface area contributed by atoms with Gasteiger partial charge in [-0.1, -0.05) is 13.8 Å². The Bertz CT molecular complexity index is 412. The van der Waals surface area contributed by atoms with Gasteiger partial charge in [0.25, 0.3) is 0 Å². The lowest BCUT2D eigenvalue weighted by atomic mass is 9.77. The highest BCUT2D eigenvalue weighted by molar-refractivity contribution is 5.80. The van der Waals surface area contributed by atoms with Gasteiger partial charge in [0.2, 0.25) is 11.8 Å². The summed E-state index contributed by atoms with van der Waals surface area (Å²) in [6.07, 6.45) is 3.26. The largest absolute Gasteiger partial charge is 0.343 e. The van der Waals surface area contributed by atoms with Gasteiger partial charge in [-0.25, -0.2) is 0 Å². The van der Waals surface area contributed by atoms with Gasteiger partial charge in [-0.3, -0.25) is 9.59 Å². The number of likely N-dealkylation sites (N-methyl/N-ethyl adjacent to an activating group) is 1. The Morgan fingerprint density at radius 3 is 2.45 bits per heavy atom. The summed E-state index contributed by atoms with van der Waals surface area (Å²) in [5.74, 6) is 0.986. The monoisotopic (exact) mass is 309 g/mol. The van der Waals surface area contributed by atoms with Crippen molar-refractivity contribution < 1.29 is 9.59 Å². The summed E-state index contributed by atoms with van der Waals surface area (Å²) in [6, 6.07) is 0. The molecular weight excluding hydrogens is 278 g/mol. The number of amides is 2. The Balaban J connectivity index is 1.85. The van der Waals surface area contributed by atoms with Crippen LogP contribution in [-0.2, 0) is 9.59 Å². The summed E-state index contributed by atoms with van der Waals surface area (Å²) < 4.78 is 0. The van der Waals surface area contributed by atoms with Gasteiger partial charge in [-0.05, 0) is 32.9 Å². The van der Waals surface area contributed by atoms with E-state index in [0.29, 0.717) is 24.7 Å². The summed E-state index contributed by atoms with van der Waals surface area (Å²) in [6.45, 7) is 8.43. The number of hydrogen-bond acceptors (Lipinski definition) is 3. The predicted octanol–water partition coefficient (Wildman–Crippen LogP) is 1.44. The van der Waals surface area contributed by atoms with Crippen LogP contribution in [0.1, 0.15) is 39.5 Å². The summed E-state index contributed by atoms with van der Waals surface area (Å²) in [5.41, 5.74) is 0.123. The van der Waals surface area contributed by atoms with Crippen molar-refractivity contribution >= 4 is 11.8 Å². The minimum Gasteiger partial charge on any atom is -0.343 e. The van der Waals surface area contributed by atoms with Crippen LogP contribution in [0.2, 0.25) is 0 Å². The normalized spacial score (nSPS) is 21.5. The Morgan fingerprint density at radius 2 is 1.91 bits per heavy atom. The van der Waals surface area contributed by atoms with E-state index in [2.05, 4.69) is 18.7 Å². The molecule has 0 atom stereocenters. The Kier molecular flexibility index (Phi) is 5.48. The molecule has 0 saturated carbocycles. The average Bonchev–Trinajstić information content (AvgIpc) is 2.72. The molecule has 2 aliphatic rings. The fourth-order valence-electron chi connectivity index (χ4n) is 3.55. The molecule has 1 spiro atoms. The third kappa shape index (κ3) is 4.22. The lowest BCUT2D eigenvalue weighted by Gasteiger charge is -2.39. The fourth-order valence-corrected chi connectivity index (χ4v) is 3.55. The topological polar surface area (TPSA) is 43.9 Å². The van der Waals surface area contributed by atoms with Crippen molar-refractivity contribution in [2.24, 2.45) is 11.3 Å². The number of carbonyl (C=O) groups excluding carboxylic acids is 2. The van der Waals surface area contributed by atoms with Gasteiger partial charge >= 0.3 is 0 Å². The Hall–Kier alpha value is -1.10. The van der Waals surface area contributed by atoms with Crippen LogP contribution in [0, 0.1) is 11.3 Å². The Labute approximate surface area is 134 Å². The van der Waals surface area contributed by atoms with Gasteiger partial charge in [0.15, 0.2) is 0 Å². The molecular formula is C17H31N3O2. The van der Waals surface area contributed by atoms with Crippen molar-refractivity contribution in [3.8, 4) is 0 Å². The molecule has 0 N–H and O–H groups in total. The van der Waals surface area contributed by atoms with E-state index in [-0.39, 0.29) is 11.3 Å². The minimum absolute atomic E-state index is 0.123. The molecule has 126 valence electrons. The van der Waals surface area contributed by atoms with E-state index in [0.717, 1.165) is 45.6 Å². The van der Waals surface area contributed by atoms with Crippen LogP contribution in [0.15, 0.2) is 0 Å². The molecule has 5 heteroatoms. The fraction of sp³-hybridized carbons (Fsp3) is 0.882.